The zero-order chi connectivity index (χ0) is 20.3. The number of hydrogen-bond acceptors (Lipinski definition) is 8. The minimum absolute atomic E-state index is 0.0340. The third-order valence-corrected chi connectivity index (χ3v) is 6.54. The van der Waals surface area contributed by atoms with E-state index in [4.69, 9.17) is 9.26 Å². The Morgan fingerprint density at radius 1 is 1.03 bits per heavy atom. The summed E-state index contributed by atoms with van der Waals surface area (Å²) in [6.45, 7) is 7.68. The van der Waals surface area contributed by atoms with Crippen LogP contribution in [0.1, 0.15) is 48.2 Å². The van der Waals surface area contributed by atoms with E-state index in [2.05, 4.69) is 25.0 Å². The number of piperazine rings is 1. The largest absolute Gasteiger partial charge is 0.381 e. The highest BCUT2D eigenvalue weighted by atomic mass is 16.5. The molecule has 2 fully saturated rings. The average Bonchev–Trinajstić information content (AvgIpc) is 3.43. The molecule has 0 bridgehead atoms. The molecule has 4 heterocycles. The molecule has 162 valence electrons. The molecular formula is C21H30N6O3. The Balaban J connectivity index is 1.09. The smallest absolute Gasteiger partial charge is 0.267 e. The van der Waals surface area contributed by atoms with Crippen molar-refractivity contribution in [2.24, 2.45) is 0 Å². The van der Waals surface area contributed by atoms with Crippen LogP contribution in [-0.2, 0) is 30.7 Å². The van der Waals surface area contributed by atoms with Crippen LogP contribution in [0.3, 0.4) is 0 Å². The minimum Gasteiger partial charge on any atom is -0.381 e. The van der Waals surface area contributed by atoms with Gasteiger partial charge < -0.3 is 9.26 Å². The Kier molecular flexibility index (Phi) is 5.92. The van der Waals surface area contributed by atoms with Crippen LogP contribution < -0.4 is 5.56 Å². The highest BCUT2D eigenvalue weighted by Crippen LogP contribution is 2.25. The summed E-state index contributed by atoms with van der Waals surface area (Å²) in [6.07, 6.45) is 5.04. The molecule has 2 aromatic rings. The van der Waals surface area contributed by atoms with E-state index < -0.39 is 0 Å². The maximum absolute atomic E-state index is 12.3. The van der Waals surface area contributed by atoms with Gasteiger partial charge in [0.2, 0.25) is 5.89 Å². The summed E-state index contributed by atoms with van der Waals surface area (Å²) in [5, 5.41) is 8.77. The lowest BCUT2D eigenvalue weighted by Crippen LogP contribution is -2.47. The van der Waals surface area contributed by atoms with Gasteiger partial charge in [0.15, 0.2) is 5.82 Å². The molecule has 0 spiro atoms. The quantitative estimate of drug-likeness (QED) is 0.687. The van der Waals surface area contributed by atoms with Gasteiger partial charge in [-0.15, -0.1) is 0 Å². The molecule has 1 aliphatic carbocycles. The second kappa shape index (κ2) is 8.95. The molecular weight excluding hydrogens is 384 g/mol. The standard InChI is InChI=1S/C21H30N6O3/c28-20-14-17-2-1-3-18(17)23-27(20)11-10-25-6-8-26(9-7-25)15-19-22-21(30-24-19)16-4-12-29-13-5-16/h14,16H,1-13,15H2. The zero-order valence-electron chi connectivity index (χ0n) is 17.5. The van der Waals surface area contributed by atoms with Crippen LogP contribution in [0.4, 0.5) is 0 Å². The van der Waals surface area contributed by atoms with Gasteiger partial charge >= 0.3 is 0 Å². The van der Waals surface area contributed by atoms with Gasteiger partial charge in [0, 0.05) is 57.9 Å². The summed E-state index contributed by atoms with van der Waals surface area (Å²) in [7, 11) is 0. The van der Waals surface area contributed by atoms with E-state index in [-0.39, 0.29) is 5.56 Å². The Hall–Kier alpha value is -2.10. The molecule has 9 heteroatoms. The fourth-order valence-corrected chi connectivity index (χ4v) is 4.65. The van der Waals surface area contributed by atoms with E-state index >= 15 is 0 Å². The number of aryl methyl sites for hydroxylation is 2. The van der Waals surface area contributed by atoms with E-state index in [1.165, 1.54) is 0 Å². The normalized spacial score (nSPS) is 21.2. The molecule has 0 amide bonds. The molecule has 0 saturated carbocycles. The summed E-state index contributed by atoms with van der Waals surface area (Å²) in [5.74, 6) is 1.88. The SMILES string of the molecule is O=c1cc2c(nn1CCN1CCN(Cc3noc(C4CCOCC4)n3)CC1)CCC2. The monoisotopic (exact) mass is 414 g/mol. The summed E-state index contributed by atoms with van der Waals surface area (Å²) >= 11 is 0. The fourth-order valence-electron chi connectivity index (χ4n) is 4.65. The highest BCUT2D eigenvalue weighted by molar-refractivity contribution is 5.22. The van der Waals surface area contributed by atoms with Crippen LogP contribution in [-0.4, -0.2) is 75.7 Å². The topological polar surface area (TPSA) is 89.5 Å². The molecule has 0 unspecified atom stereocenters. The van der Waals surface area contributed by atoms with Gasteiger partial charge in [0.25, 0.3) is 5.56 Å². The van der Waals surface area contributed by atoms with E-state index in [0.717, 1.165) is 108 Å². The number of aromatic nitrogens is 4. The maximum Gasteiger partial charge on any atom is 0.267 e. The van der Waals surface area contributed by atoms with Gasteiger partial charge in [-0.25, -0.2) is 4.68 Å². The number of hydrogen-bond donors (Lipinski definition) is 0. The van der Waals surface area contributed by atoms with E-state index in [1.54, 1.807) is 10.7 Å². The molecule has 2 saturated heterocycles. The summed E-state index contributed by atoms with van der Waals surface area (Å²) in [6, 6.07) is 1.78. The van der Waals surface area contributed by atoms with Crippen molar-refractivity contribution in [2.75, 3.05) is 45.9 Å². The third kappa shape index (κ3) is 4.48. The summed E-state index contributed by atoms with van der Waals surface area (Å²) in [4.78, 5) is 21.7. The van der Waals surface area contributed by atoms with E-state index in [9.17, 15) is 4.79 Å². The van der Waals surface area contributed by atoms with Gasteiger partial charge in [0.05, 0.1) is 18.8 Å². The fraction of sp³-hybridized carbons (Fsp3) is 0.714. The van der Waals surface area contributed by atoms with Crippen LogP contribution >= 0.6 is 0 Å². The number of fused-ring (bicyclic) bond motifs is 1. The highest BCUT2D eigenvalue weighted by Gasteiger charge is 2.24. The van der Waals surface area contributed by atoms with Crippen molar-refractivity contribution in [3.05, 3.63) is 39.4 Å². The van der Waals surface area contributed by atoms with Crippen molar-refractivity contribution in [1.82, 2.24) is 29.7 Å². The first-order chi connectivity index (χ1) is 14.7. The molecule has 5 rings (SSSR count). The van der Waals surface area contributed by atoms with Crippen molar-refractivity contribution in [2.45, 2.75) is 51.1 Å². The molecule has 0 radical (unpaired) electrons. The van der Waals surface area contributed by atoms with E-state index in [0.29, 0.717) is 12.5 Å². The average molecular weight is 415 g/mol. The van der Waals surface area contributed by atoms with Crippen LogP contribution in [0.5, 0.6) is 0 Å². The Labute approximate surface area is 176 Å². The Morgan fingerprint density at radius 2 is 1.83 bits per heavy atom. The predicted octanol–water partition coefficient (Wildman–Crippen LogP) is 0.827. The van der Waals surface area contributed by atoms with E-state index in [1.807, 2.05) is 0 Å². The Morgan fingerprint density at radius 3 is 2.67 bits per heavy atom. The van der Waals surface area contributed by atoms with Crippen LogP contribution in [0.25, 0.3) is 0 Å². The van der Waals surface area contributed by atoms with Crippen LogP contribution in [0.2, 0.25) is 0 Å². The molecule has 0 aromatic carbocycles. The lowest BCUT2D eigenvalue weighted by Gasteiger charge is -2.33. The lowest BCUT2D eigenvalue weighted by atomic mass is 10.0. The number of nitrogens with zero attached hydrogens (tertiary/aromatic N) is 6. The minimum atomic E-state index is 0.0340. The Bertz CT molecular complexity index is 912. The van der Waals surface area contributed by atoms with Gasteiger partial charge in [-0.3, -0.25) is 14.6 Å². The third-order valence-electron chi connectivity index (χ3n) is 6.54. The second-order valence-corrected chi connectivity index (χ2v) is 8.58. The predicted molar refractivity (Wildman–Crippen MR) is 109 cm³/mol. The molecule has 0 atom stereocenters. The van der Waals surface area contributed by atoms with Crippen molar-refractivity contribution in [1.29, 1.82) is 0 Å². The van der Waals surface area contributed by atoms with Crippen molar-refractivity contribution in [3.8, 4) is 0 Å². The molecule has 2 aliphatic heterocycles. The summed E-state index contributed by atoms with van der Waals surface area (Å²) in [5.41, 5.74) is 2.29. The van der Waals surface area contributed by atoms with Gasteiger partial charge in [0.1, 0.15) is 0 Å². The maximum atomic E-state index is 12.3. The van der Waals surface area contributed by atoms with Gasteiger partial charge in [-0.2, -0.15) is 10.1 Å². The molecule has 0 N–H and O–H groups in total. The van der Waals surface area contributed by atoms with Gasteiger partial charge in [-0.05, 0) is 37.7 Å². The van der Waals surface area contributed by atoms with Crippen LogP contribution in [0.15, 0.2) is 15.4 Å². The van der Waals surface area contributed by atoms with Crippen molar-refractivity contribution < 1.29 is 9.26 Å². The first-order valence-electron chi connectivity index (χ1n) is 11.2. The first-order valence-corrected chi connectivity index (χ1v) is 11.2. The molecule has 3 aliphatic rings. The lowest BCUT2D eigenvalue weighted by molar-refractivity contribution is 0.0778. The number of rotatable bonds is 6. The first kappa shape index (κ1) is 19.8. The number of ether oxygens (including phenoxy) is 1. The van der Waals surface area contributed by atoms with Crippen LogP contribution in [0, 0.1) is 0 Å². The van der Waals surface area contributed by atoms with Gasteiger partial charge in [-0.1, -0.05) is 5.16 Å². The zero-order valence-corrected chi connectivity index (χ0v) is 17.5. The van der Waals surface area contributed by atoms with Crippen molar-refractivity contribution in [3.63, 3.8) is 0 Å². The molecule has 2 aromatic heterocycles. The summed E-state index contributed by atoms with van der Waals surface area (Å²) < 4.78 is 12.6. The molecule has 9 nitrogen and oxygen atoms in total. The second-order valence-electron chi connectivity index (χ2n) is 8.58. The molecule has 30 heavy (non-hydrogen) atoms. The van der Waals surface area contributed by atoms with Crippen molar-refractivity contribution >= 4 is 0 Å².